The van der Waals surface area contributed by atoms with Crippen molar-refractivity contribution in [1.82, 2.24) is 10.4 Å². The Kier molecular flexibility index (Phi) is 3.46. The first-order valence-electron chi connectivity index (χ1n) is 5.35. The number of hydrogen-bond acceptors (Lipinski definition) is 3. The number of aromatic nitrogens is 1. The van der Waals surface area contributed by atoms with Crippen molar-refractivity contribution in [2.75, 3.05) is 0 Å². The molecule has 1 aromatic heterocycles. The summed E-state index contributed by atoms with van der Waals surface area (Å²) in [5, 5.41) is 0. The van der Waals surface area contributed by atoms with Crippen molar-refractivity contribution < 1.29 is 4.39 Å². The van der Waals surface area contributed by atoms with Crippen molar-refractivity contribution in [2.45, 2.75) is 13.0 Å². The topological polar surface area (TPSA) is 50.9 Å². The molecule has 0 bridgehead atoms. The van der Waals surface area contributed by atoms with E-state index < -0.39 is 0 Å². The van der Waals surface area contributed by atoms with Gasteiger partial charge in [-0.2, -0.15) is 0 Å². The molecule has 1 atom stereocenters. The lowest BCUT2D eigenvalue weighted by Crippen LogP contribution is -2.29. The lowest BCUT2D eigenvalue weighted by atomic mass is 10.0. The molecule has 0 amide bonds. The smallest absolute Gasteiger partial charge is 0.141 e. The van der Waals surface area contributed by atoms with Crippen molar-refractivity contribution in [1.29, 1.82) is 0 Å². The Morgan fingerprint density at radius 3 is 2.41 bits per heavy atom. The van der Waals surface area contributed by atoms with Crippen LogP contribution in [0.25, 0.3) is 0 Å². The molecule has 1 unspecified atom stereocenters. The van der Waals surface area contributed by atoms with Gasteiger partial charge in [-0.05, 0) is 24.6 Å². The minimum absolute atomic E-state index is 0.226. The summed E-state index contributed by atoms with van der Waals surface area (Å²) in [5.74, 6) is 5.18. The molecule has 2 aromatic rings. The van der Waals surface area contributed by atoms with Crippen LogP contribution < -0.4 is 11.3 Å². The summed E-state index contributed by atoms with van der Waals surface area (Å²) in [6.45, 7) is 2.02. The van der Waals surface area contributed by atoms with Gasteiger partial charge in [0.15, 0.2) is 0 Å². The molecular weight excluding hydrogens is 217 g/mol. The third-order valence-corrected chi connectivity index (χ3v) is 2.62. The molecule has 4 heteroatoms. The zero-order valence-corrected chi connectivity index (χ0v) is 9.52. The summed E-state index contributed by atoms with van der Waals surface area (Å²) in [7, 11) is 0. The van der Waals surface area contributed by atoms with Gasteiger partial charge in [0.2, 0.25) is 0 Å². The number of halogens is 1. The summed E-state index contributed by atoms with van der Waals surface area (Å²) in [6, 6.07) is 10.7. The van der Waals surface area contributed by atoms with Crippen molar-refractivity contribution in [3.63, 3.8) is 0 Å². The van der Waals surface area contributed by atoms with E-state index in [1.54, 1.807) is 6.07 Å². The molecule has 0 saturated heterocycles. The zero-order valence-electron chi connectivity index (χ0n) is 9.52. The van der Waals surface area contributed by atoms with E-state index in [1.165, 1.54) is 17.8 Å². The zero-order chi connectivity index (χ0) is 12.3. The van der Waals surface area contributed by atoms with E-state index in [1.807, 2.05) is 31.2 Å². The van der Waals surface area contributed by atoms with Gasteiger partial charge >= 0.3 is 0 Å². The molecule has 1 aromatic carbocycles. The van der Waals surface area contributed by atoms with Crippen LogP contribution in [0.2, 0.25) is 0 Å². The van der Waals surface area contributed by atoms with Gasteiger partial charge in [0.25, 0.3) is 0 Å². The number of rotatable bonds is 3. The van der Waals surface area contributed by atoms with Gasteiger partial charge in [-0.15, -0.1) is 0 Å². The maximum Gasteiger partial charge on any atom is 0.141 e. The van der Waals surface area contributed by atoms with E-state index in [0.29, 0.717) is 5.69 Å². The summed E-state index contributed by atoms with van der Waals surface area (Å²) < 4.78 is 12.8. The second kappa shape index (κ2) is 5.03. The second-order valence-corrected chi connectivity index (χ2v) is 3.91. The van der Waals surface area contributed by atoms with Crippen LogP contribution in [0.4, 0.5) is 4.39 Å². The molecule has 0 saturated carbocycles. The second-order valence-electron chi connectivity index (χ2n) is 3.91. The first kappa shape index (κ1) is 11.7. The van der Waals surface area contributed by atoms with Gasteiger partial charge in [0.1, 0.15) is 5.82 Å². The fourth-order valence-electron chi connectivity index (χ4n) is 1.67. The molecule has 2 rings (SSSR count). The average molecular weight is 231 g/mol. The number of hydrazine groups is 1. The van der Waals surface area contributed by atoms with E-state index >= 15 is 0 Å². The lowest BCUT2D eigenvalue weighted by molar-refractivity contribution is 0.596. The van der Waals surface area contributed by atoms with Crippen molar-refractivity contribution in [2.24, 2.45) is 5.84 Å². The predicted octanol–water partition coefficient (Wildman–Crippen LogP) is 2.08. The van der Waals surface area contributed by atoms with Gasteiger partial charge in [-0.1, -0.05) is 29.8 Å². The lowest BCUT2D eigenvalue weighted by Gasteiger charge is -2.15. The van der Waals surface area contributed by atoms with Crippen LogP contribution in [0, 0.1) is 12.7 Å². The Morgan fingerprint density at radius 1 is 1.18 bits per heavy atom. The van der Waals surface area contributed by atoms with Gasteiger partial charge in [0, 0.05) is 0 Å². The van der Waals surface area contributed by atoms with Crippen LogP contribution in [-0.2, 0) is 0 Å². The highest BCUT2D eigenvalue weighted by Crippen LogP contribution is 2.19. The number of nitrogens with two attached hydrogens (primary N) is 1. The summed E-state index contributed by atoms with van der Waals surface area (Å²) in [6.07, 6.45) is 1.19. The standard InChI is InChI=1S/C13H14FN3/c1-9-2-4-10(5-3-9)13(17-15)12-7-6-11(14)8-16-12/h2-8,13,17H,15H2,1H3. The molecule has 17 heavy (non-hydrogen) atoms. The van der Waals surface area contributed by atoms with Crippen molar-refractivity contribution >= 4 is 0 Å². The third-order valence-electron chi connectivity index (χ3n) is 2.62. The van der Waals surface area contributed by atoms with E-state index in [2.05, 4.69) is 10.4 Å². The first-order valence-corrected chi connectivity index (χ1v) is 5.35. The number of nitrogens with one attached hydrogen (secondary N) is 1. The number of nitrogens with zero attached hydrogens (tertiary/aromatic N) is 1. The summed E-state index contributed by atoms with van der Waals surface area (Å²) >= 11 is 0. The highest BCUT2D eigenvalue weighted by Gasteiger charge is 2.13. The van der Waals surface area contributed by atoms with Crippen LogP contribution in [0.1, 0.15) is 22.9 Å². The molecule has 88 valence electrons. The maximum atomic E-state index is 12.8. The molecule has 0 aliphatic heterocycles. The van der Waals surface area contributed by atoms with Gasteiger partial charge in [-0.3, -0.25) is 10.8 Å². The Labute approximate surface area is 99.5 Å². The molecule has 0 aliphatic rings. The molecule has 0 aliphatic carbocycles. The summed E-state index contributed by atoms with van der Waals surface area (Å²) in [4.78, 5) is 4.03. The van der Waals surface area contributed by atoms with E-state index in [4.69, 9.17) is 5.84 Å². The molecule has 3 N–H and O–H groups in total. The van der Waals surface area contributed by atoms with Gasteiger partial charge in [-0.25, -0.2) is 9.82 Å². The van der Waals surface area contributed by atoms with Crippen molar-refractivity contribution in [3.05, 3.63) is 65.2 Å². The van der Waals surface area contributed by atoms with Crippen molar-refractivity contribution in [3.8, 4) is 0 Å². The monoisotopic (exact) mass is 231 g/mol. The van der Waals surface area contributed by atoms with Gasteiger partial charge < -0.3 is 0 Å². The maximum absolute atomic E-state index is 12.8. The van der Waals surface area contributed by atoms with Crippen LogP contribution >= 0.6 is 0 Å². The number of pyridine rings is 1. The molecule has 1 heterocycles. The van der Waals surface area contributed by atoms with E-state index in [9.17, 15) is 4.39 Å². The Balaban J connectivity index is 2.33. The summed E-state index contributed by atoms with van der Waals surface area (Å²) in [5.41, 5.74) is 5.56. The number of hydrogen-bond donors (Lipinski definition) is 2. The molecule has 0 spiro atoms. The van der Waals surface area contributed by atoms with Crippen LogP contribution in [0.15, 0.2) is 42.6 Å². The van der Waals surface area contributed by atoms with E-state index in [-0.39, 0.29) is 11.9 Å². The SMILES string of the molecule is Cc1ccc(C(NN)c2ccc(F)cn2)cc1. The third kappa shape index (κ3) is 2.67. The molecule has 0 fully saturated rings. The quantitative estimate of drug-likeness (QED) is 0.628. The highest BCUT2D eigenvalue weighted by atomic mass is 19.1. The van der Waals surface area contributed by atoms with Crippen LogP contribution in [0.3, 0.4) is 0 Å². The molecular formula is C13H14FN3. The predicted molar refractivity (Wildman–Crippen MR) is 64.5 cm³/mol. The molecule has 3 nitrogen and oxygen atoms in total. The first-order chi connectivity index (χ1) is 8.20. The number of aryl methyl sites for hydroxylation is 1. The average Bonchev–Trinajstić information content (AvgIpc) is 2.35. The Morgan fingerprint density at radius 2 is 1.88 bits per heavy atom. The van der Waals surface area contributed by atoms with Crippen LogP contribution in [-0.4, -0.2) is 4.98 Å². The minimum atomic E-state index is -0.353. The Hall–Kier alpha value is -1.78. The Bertz CT molecular complexity index is 434. The normalized spacial score (nSPS) is 12.4. The number of benzene rings is 1. The van der Waals surface area contributed by atoms with Crippen LogP contribution in [0.5, 0.6) is 0 Å². The minimum Gasteiger partial charge on any atom is -0.271 e. The fourth-order valence-corrected chi connectivity index (χ4v) is 1.67. The largest absolute Gasteiger partial charge is 0.271 e. The van der Waals surface area contributed by atoms with E-state index in [0.717, 1.165) is 5.56 Å². The molecule has 0 radical (unpaired) electrons. The highest BCUT2D eigenvalue weighted by molar-refractivity contribution is 5.30. The fraction of sp³-hybridized carbons (Fsp3) is 0.154. The van der Waals surface area contributed by atoms with Gasteiger partial charge in [0.05, 0.1) is 17.9 Å².